The van der Waals surface area contributed by atoms with Crippen molar-refractivity contribution >= 4 is 10.9 Å². The number of hydrogen-bond donors (Lipinski definition) is 2. The van der Waals surface area contributed by atoms with Crippen LogP contribution in [0.15, 0.2) is 36.5 Å². The van der Waals surface area contributed by atoms with Gasteiger partial charge in [0.2, 0.25) is 0 Å². The van der Waals surface area contributed by atoms with Crippen LogP contribution in [-0.4, -0.2) is 23.1 Å². The number of benzene rings is 1. The second-order valence-electron chi connectivity index (χ2n) is 7.70. The van der Waals surface area contributed by atoms with E-state index in [-0.39, 0.29) is 0 Å². The van der Waals surface area contributed by atoms with Crippen LogP contribution in [0.1, 0.15) is 54.3 Å². The predicted octanol–water partition coefficient (Wildman–Crippen LogP) is 4.88. The van der Waals surface area contributed by atoms with E-state index >= 15 is 0 Å². The number of aromatic amines is 1. The first kappa shape index (κ1) is 15.2. The number of aromatic nitrogens is 2. The standard InChI is InChI=1S/C22H25N3/c1-14-12-18(8-11-24-14)22-21(16-2-3-16)19-13-17(4-5-20(19)25-22)15-6-9-23-10-7-15/h4-5,8,11-13,15-16,23,25H,2-3,6-7,9-10H2,1H3. The Morgan fingerprint density at radius 2 is 1.80 bits per heavy atom. The summed E-state index contributed by atoms with van der Waals surface area (Å²) < 4.78 is 0. The molecule has 0 bridgehead atoms. The molecule has 3 nitrogen and oxygen atoms in total. The van der Waals surface area contributed by atoms with E-state index in [2.05, 4.69) is 52.5 Å². The molecule has 2 fully saturated rings. The zero-order valence-corrected chi connectivity index (χ0v) is 14.8. The molecule has 1 saturated heterocycles. The number of fused-ring (bicyclic) bond motifs is 1. The fraction of sp³-hybridized carbons (Fsp3) is 0.409. The minimum absolute atomic E-state index is 0.708. The summed E-state index contributed by atoms with van der Waals surface area (Å²) in [5.74, 6) is 1.43. The molecule has 0 spiro atoms. The van der Waals surface area contributed by atoms with E-state index in [0.717, 1.165) is 24.7 Å². The first-order valence-electron chi connectivity index (χ1n) is 9.59. The lowest BCUT2D eigenvalue weighted by Gasteiger charge is -2.23. The van der Waals surface area contributed by atoms with Crippen molar-refractivity contribution < 1.29 is 0 Å². The van der Waals surface area contributed by atoms with Crippen molar-refractivity contribution in [3.63, 3.8) is 0 Å². The second-order valence-corrected chi connectivity index (χ2v) is 7.70. The van der Waals surface area contributed by atoms with Crippen molar-refractivity contribution in [2.75, 3.05) is 13.1 Å². The minimum atomic E-state index is 0.708. The first-order valence-corrected chi connectivity index (χ1v) is 9.59. The summed E-state index contributed by atoms with van der Waals surface area (Å²) >= 11 is 0. The van der Waals surface area contributed by atoms with E-state index in [1.165, 1.54) is 59.0 Å². The molecule has 3 heteroatoms. The Morgan fingerprint density at radius 3 is 2.56 bits per heavy atom. The number of nitrogens with zero attached hydrogens (tertiary/aromatic N) is 1. The maximum absolute atomic E-state index is 4.36. The third-order valence-corrected chi connectivity index (χ3v) is 5.84. The summed E-state index contributed by atoms with van der Waals surface area (Å²) in [7, 11) is 0. The Labute approximate surface area is 148 Å². The molecule has 3 heterocycles. The quantitative estimate of drug-likeness (QED) is 0.718. The first-order chi connectivity index (χ1) is 12.3. The van der Waals surface area contributed by atoms with Crippen LogP contribution < -0.4 is 5.32 Å². The molecule has 128 valence electrons. The highest BCUT2D eigenvalue weighted by molar-refractivity contribution is 5.92. The normalized spacial score (nSPS) is 18.8. The van der Waals surface area contributed by atoms with Gasteiger partial charge in [0.1, 0.15) is 0 Å². The van der Waals surface area contributed by atoms with Gasteiger partial charge >= 0.3 is 0 Å². The Bertz CT molecular complexity index is 914. The molecule has 1 saturated carbocycles. The van der Waals surface area contributed by atoms with Gasteiger partial charge in [-0.05, 0) is 92.9 Å². The van der Waals surface area contributed by atoms with Crippen LogP contribution in [0.2, 0.25) is 0 Å². The number of hydrogen-bond acceptors (Lipinski definition) is 2. The predicted molar refractivity (Wildman–Crippen MR) is 103 cm³/mol. The molecule has 5 rings (SSSR count). The van der Waals surface area contributed by atoms with Crippen molar-refractivity contribution in [1.29, 1.82) is 0 Å². The number of piperidine rings is 1. The summed E-state index contributed by atoms with van der Waals surface area (Å²) in [4.78, 5) is 8.08. The van der Waals surface area contributed by atoms with Crippen molar-refractivity contribution in [3.8, 4) is 11.3 Å². The fourth-order valence-corrected chi connectivity index (χ4v) is 4.36. The van der Waals surface area contributed by atoms with E-state index in [0.29, 0.717) is 5.92 Å². The van der Waals surface area contributed by atoms with Crippen LogP contribution in [0.3, 0.4) is 0 Å². The average Bonchev–Trinajstić information content (AvgIpc) is 3.41. The third kappa shape index (κ3) is 2.77. The van der Waals surface area contributed by atoms with Gasteiger partial charge in [-0.2, -0.15) is 0 Å². The molecule has 25 heavy (non-hydrogen) atoms. The maximum atomic E-state index is 4.36. The largest absolute Gasteiger partial charge is 0.354 e. The number of nitrogens with one attached hydrogen (secondary N) is 2. The third-order valence-electron chi connectivity index (χ3n) is 5.84. The van der Waals surface area contributed by atoms with Gasteiger partial charge in [-0.1, -0.05) is 6.07 Å². The fourth-order valence-electron chi connectivity index (χ4n) is 4.36. The van der Waals surface area contributed by atoms with Crippen LogP contribution in [0.25, 0.3) is 22.2 Å². The van der Waals surface area contributed by atoms with Crippen LogP contribution in [0.5, 0.6) is 0 Å². The highest BCUT2D eigenvalue weighted by Gasteiger charge is 2.30. The van der Waals surface area contributed by atoms with Gasteiger partial charge in [0, 0.05) is 28.4 Å². The maximum Gasteiger partial charge on any atom is 0.0501 e. The molecule has 2 aromatic heterocycles. The average molecular weight is 331 g/mol. The van der Waals surface area contributed by atoms with Crippen molar-refractivity contribution in [2.45, 2.75) is 44.4 Å². The van der Waals surface area contributed by atoms with E-state index < -0.39 is 0 Å². The van der Waals surface area contributed by atoms with Crippen molar-refractivity contribution in [3.05, 3.63) is 53.3 Å². The Balaban J connectivity index is 1.65. The Morgan fingerprint density at radius 1 is 0.960 bits per heavy atom. The zero-order valence-electron chi connectivity index (χ0n) is 14.8. The lowest BCUT2D eigenvalue weighted by Crippen LogP contribution is -2.26. The molecule has 0 unspecified atom stereocenters. The summed E-state index contributed by atoms with van der Waals surface area (Å²) in [6.07, 6.45) is 7.08. The van der Waals surface area contributed by atoms with Gasteiger partial charge < -0.3 is 10.3 Å². The van der Waals surface area contributed by atoms with Crippen LogP contribution in [0, 0.1) is 6.92 Å². The van der Waals surface area contributed by atoms with E-state index in [1.807, 2.05) is 6.20 Å². The van der Waals surface area contributed by atoms with E-state index in [9.17, 15) is 0 Å². The molecule has 2 aliphatic rings. The SMILES string of the molecule is Cc1cc(-c2[nH]c3ccc(C4CCNCC4)cc3c2C2CC2)ccn1. The molecule has 0 atom stereocenters. The molecule has 0 radical (unpaired) electrons. The summed E-state index contributed by atoms with van der Waals surface area (Å²) in [6.45, 7) is 4.36. The van der Waals surface area contributed by atoms with E-state index in [4.69, 9.17) is 0 Å². The highest BCUT2D eigenvalue weighted by Crippen LogP contribution is 2.48. The number of aryl methyl sites for hydroxylation is 1. The monoisotopic (exact) mass is 331 g/mol. The molecule has 1 aliphatic heterocycles. The van der Waals surface area contributed by atoms with Gasteiger partial charge in [0.05, 0.1) is 5.69 Å². The molecule has 1 aromatic carbocycles. The van der Waals surface area contributed by atoms with E-state index in [1.54, 1.807) is 0 Å². The molecular weight excluding hydrogens is 306 g/mol. The molecule has 3 aromatic rings. The summed E-state index contributed by atoms with van der Waals surface area (Å²) in [6, 6.07) is 11.5. The van der Waals surface area contributed by atoms with Gasteiger partial charge in [-0.25, -0.2) is 0 Å². The topological polar surface area (TPSA) is 40.7 Å². The summed E-state index contributed by atoms with van der Waals surface area (Å²) in [5, 5.41) is 4.93. The molecule has 2 N–H and O–H groups in total. The van der Waals surface area contributed by atoms with Crippen LogP contribution in [-0.2, 0) is 0 Å². The zero-order chi connectivity index (χ0) is 16.8. The van der Waals surface area contributed by atoms with Gasteiger partial charge in [-0.3, -0.25) is 4.98 Å². The van der Waals surface area contributed by atoms with Gasteiger partial charge in [-0.15, -0.1) is 0 Å². The van der Waals surface area contributed by atoms with Crippen molar-refractivity contribution in [1.82, 2.24) is 15.3 Å². The Kier molecular flexibility index (Phi) is 3.63. The highest BCUT2D eigenvalue weighted by atomic mass is 14.9. The number of H-pyrrole nitrogens is 1. The van der Waals surface area contributed by atoms with Gasteiger partial charge in [0.15, 0.2) is 0 Å². The second kappa shape index (κ2) is 5.99. The molecule has 1 aliphatic carbocycles. The Hall–Kier alpha value is -2.13. The lowest BCUT2D eigenvalue weighted by atomic mass is 9.89. The minimum Gasteiger partial charge on any atom is -0.354 e. The van der Waals surface area contributed by atoms with Crippen molar-refractivity contribution in [2.24, 2.45) is 0 Å². The van der Waals surface area contributed by atoms with Crippen LogP contribution >= 0.6 is 0 Å². The smallest absolute Gasteiger partial charge is 0.0501 e. The number of rotatable bonds is 3. The number of pyridine rings is 1. The summed E-state index contributed by atoms with van der Waals surface area (Å²) in [5.41, 5.74) is 8.00. The molecular formula is C22H25N3. The van der Waals surface area contributed by atoms with Gasteiger partial charge in [0.25, 0.3) is 0 Å². The lowest BCUT2D eigenvalue weighted by molar-refractivity contribution is 0.460. The molecule has 0 amide bonds. The van der Waals surface area contributed by atoms with Crippen LogP contribution in [0.4, 0.5) is 0 Å².